The maximum atomic E-state index is 11.9. The van der Waals surface area contributed by atoms with Crippen molar-refractivity contribution >= 4 is 5.91 Å². The molecule has 90 valence electrons. The van der Waals surface area contributed by atoms with Crippen LogP contribution in [0.25, 0.3) is 0 Å². The van der Waals surface area contributed by atoms with Gasteiger partial charge in [-0.2, -0.15) is 0 Å². The zero-order chi connectivity index (χ0) is 12.1. The SMILES string of the molecule is CC(C)C(NCc1ccoc1)C(=O)N(C)C. The van der Waals surface area contributed by atoms with Crippen LogP contribution in [-0.2, 0) is 11.3 Å². The standard InChI is InChI=1S/C12H20N2O2/c1-9(2)11(12(15)14(3)4)13-7-10-5-6-16-8-10/h5-6,8-9,11,13H,7H2,1-4H3. The molecule has 0 aromatic carbocycles. The summed E-state index contributed by atoms with van der Waals surface area (Å²) in [7, 11) is 3.55. The van der Waals surface area contributed by atoms with Gasteiger partial charge >= 0.3 is 0 Å². The summed E-state index contributed by atoms with van der Waals surface area (Å²) in [5, 5.41) is 3.25. The van der Waals surface area contributed by atoms with E-state index >= 15 is 0 Å². The van der Waals surface area contributed by atoms with Crippen molar-refractivity contribution in [3.63, 3.8) is 0 Å². The van der Waals surface area contributed by atoms with Crippen molar-refractivity contribution in [3.05, 3.63) is 24.2 Å². The average molecular weight is 224 g/mol. The molecule has 1 rings (SSSR count). The van der Waals surface area contributed by atoms with Crippen LogP contribution in [0, 0.1) is 5.92 Å². The number of rotatable bonds is 5. The number of carbonyl (C=O) groups is 1. The molecule has 4 heteroatoms. The summed E-state index contributed by atoms with van der Waals surface area (Å²) in [5.41, 5.74) is 1.05. The van der Waals surface area contributed by atoms with Gasteiger partial charge in [-0.25, -0.2) is 0 Å². The minimum atomic E-state index is -0.148. The summed E-state index contributed by atoms with van der Waals surface area (Å²) in [4.78, 5) is 13.5. The molecule has 0 bridgehead atoms. The largest absolute Gasteiger partial charge is 0.472 e. The van der Waals surface area contributed by atoms with Gasteiger partial charge in [-0.15, -0.1) is 0 Å². The Morgan fingerprint density at radius 1 is 1.50 bits per heavy atom. The molecule has 1 amide bonds. The highest BCUT2D eigenvalue weighted by Gasteiger charge is 2.22. The summed E-state index contributed by atoms with van der Waals surface area (Å²) in [5.74, 6) is 0.375. The second-order valence-corrected chi connectivity index (χ2v) is 4.47. The predicted molar refractivity (Wildman–Crippen MR) is 62.9 cm³/mol. The van der Waals surface area contributed by atoms with Crippen LogP contribution in [0.3, 0.4) is 0 Å². The van der Waals surface area contributed by atoms with Crippen LogP contribution in [0.4, 0.5) is 0 Å². The van der Waals surface area contributed by atoms with Gasteiger partial charge in [0.1, 0.15) is 0 Å². The summed E-state index contributed by atoms with van der Waals surface area (Å²) >= 11 is 0. The van der Waals surface area contributed by atoms with E-state index in [4.69, 9.17) is 4.42 Å². The summed E-state index contributed by atoms with van der Waals surface area (Å²) in [6.45, 7) is 4.72. The van der Waals surface area contributed by atoms with Crippen LogP contribution in [0.15, 0.2) is 23.0 Å². The van der Waals surface area contributed by atoms with Crippen LogP contribution >= 0.6 is 0 Å². The number of likely N-dealkylation sites (N-methyl/N-ethyl adjacent to an activating group) is 1. The fourth-order valence-corrected chi connectivity index (χ4v) is 1.51. The van der Waals surface area contributed by atoms with Gasteiger partial charge in [0.25, 0.3) is 0 Å². The van der Waals surface area contributed by atoms with Crippen LogP contribution < -0.4 is 5.32 Å². The Morgan fingerprint density at radius 3 is 2.62 bits per heavy atom. The van der Waals surface area contributed by atoms with Crippen LogP contribution in [0.1, 0.15) is 19.4 Å². The van der Waals surface area contributed by atoms with Crippen molar-refractivity contribution in [2.24, 2.45) is 5.92 Å². The molecule has 0 saturated heterocycles. The number of hydrogen-bond acceptors (Lipinski definition) is 3. The smallest absolute Gasteiger partial charge is 0.239 e. The first-order chi connectivity index (χ1) is 7.52. The number of nitrogens with one attached hydrogen (secondary N) is 1. The van der Waals surface area contributed by atoms with E-state index in [0.717, 1.165) is 5.56 Å². The Hall–Kier alpha value is -1.29. The van der Waals surface area contributed by atoms with E-state index < -0.39 is 0 Å². The maximum absolute atomic E-state index is 11.9. The second kappa shape index (κ2) is 5.70. The Balaban J connectivity index is 2.55. The van der Waals surface area contributed by atoms with Gasteiger partial charge in [-0.05, 0) is 12.0 Å². The van der Waals surface area contributed by atoms with Gasteiger partial charge in [-0.1, -0.05) is 13.8 Å². The molecule has 0 spiro atoms. The summed E-state index contributed by atoms with van der Waals surface area (Å²) in [6.07, 6.45) is 3.32. The van der Waals surface area contributed by atoms with Crippen LogP contribution in [-0.4, -0.2) is 30.9 Å². The average Bonchev–Trinajstić information content (AvgIpc) is 2.69. The third-order valence-electron chi connectivity index (χ3n) is 2.48. The highest BCUT2D eigenvalue weighted by molar-refractivity contribution is 5.81. The van der Waals surface area contributed by atoms with E-state index in [-0.39, 0.29) is 17.9 Å². The van der Waals surface area contributed by atoms with Crippen molar-refractivity contribution in [2.75, 3.05) is 14.1 Å². The maximum Gasteiger partial charge on any atom is 0.239 e. The molecule has 0 saturated carbocycles. The second-order valence-electron chi connectivity index (χ2n) is 4.47. The van der Waals surface area contributed by atoms with E-state index in [0.29, 0.717) is 6.54 Å². The Kier molecular flexibility index (Phi) is 4.55. The van der Waals surface area contributed by atoms with E-state index in [1.165, 1.54) is 0 Å². The van der Waals surface area contributed by atoms with Crippen molar-refractivity contribution in [1.29, 1.82) is 0 Å². The molecular formula is C12H20N2O2. The number of furan rings is 1. The van der Waals surface area contributed by atoms with Crippen molar-refractivity contribution in [1.82, 2.24) is 10.2 Å². The summed E-state index contributed by atoms with van der Waals surface area (Å²) < 4.78 is 4.98. The quantitative estimate of drug-likeness (QED) is 0.824. The molecular weight excluding hydrogens is 204 g/mol. The molecule has 1 aromatic rings. The lowest BCUT2D eigenvalue weighted by molar-refractivity contribution is -0.132. The normalized spacial score (nSPS) is 12.8. The lowest BCUT2D eigenvalue weighted by Gasteiger charge is -2.24. The minimum Gasteiger partial charge on any atom is -0.472 e. The molecule has 0 fully saturated rings. The zero-order valence-electron chi connectivity index (χ0n) is 10.4. The third-order valence-corrected chi connectivity index (χ3v) is 2.48. The minimum absolute atomic E-state index is 0.110. The first kappa shape index (κ1) is 12.8. The van der Waals surface area contributed by atoms with Gasteiger partial charge in [-0.3, -0.25) is 4.79 Å². The van der Waals surface area contributed by atoms with Crippen molar-refractivity contribution in [2.45, 2.75) is 26.4 Å². The van der Waals surface area contributed by atoms with E-state index in [1.807, 2.05) is 19.9 Å². The number of carbonyl (C=O) groups excluding carboxylic acids is 1. The molecule has 16 heavy (non-hydrogen) atoms. The predicted octanol–water partition coefficient (Wildman–Crippen LogP) is 1.48. The van der Waals surface area contributed by atoms with Crippen LogP contribution in [0.2, 0.25) is 0 Å². The van der Waals surface area contributed by atoms with Gasteiger partial charge in [0.15, 0.2) is 0 Å². The van der Waals surface area contributed by atoms with Gasteiger partial charge in [0, 0.05) is 26.2 Å². The number of nitrogens with zero attached hydrogens (tertiary/aromatic N) is 1. The van der Waals surface area contributed by atoms with E-state index in [1.54, 1.807) is 31.5 Å². The molecule has 0 radical (unpaired) electrons. The van der Waals surface area contributed by atoms with Gasteiger partial charge in [0.05, 0.1) is 18.6 Å². The molecule has 1 N–H and O–H groups in total. The van der Waals surface area contributed by atoms with Gasteiger partial charge < -0.3 is 14.6 Å². The lowest BCUT2D eigenvalue weighted by Crippen LogP contribution is -2.46. The first-order valence-corrected chi connectivity index (χ1v) is 5.48. The third kappa shape index (κ3) is 3.38. The zero-order valence-corrected chi connectivity index (χ0v) is 10.4. The fraction of sp³-hybridized carbons (Fsp3) is 0.583. The van der Waals surface area contributed by atoms with Crippen molar-refractivity contribution < 1.29 is 9.21 Å². The highest BCUT2D eigenvalue weighted by Crippen LogP contribution is 2.07. The Morgan fingerprint density at radius 2 is 2.19 bits per heavy atom. The highest BCUT2D eigenvalue weighted by atomic mass is 16.3. The van der Waals surface area contributed by atoms with Crippen LogP contribution in [0.5, 0.6) is 0 Å². The summed E-state index contributed by atoms with van der Waals surface area (Å²) in [6, 6.07) is 1.75. The molecule has 0 aliphatic heterocycles. The Labute approximate surface area is 96.6 Å². The molecule has 0 aliphatic carbocycles. The van der Waals surface area contributed by atoms with E-state index in [9.17, 15) is 4.79 Å². The molecule has 1 aromatic heterocycles. The molecule has 1 unspecified atom stereocenters. The lowest BCUT2D eigenvalue weighted by atomic mass is 10.0. The Bertz CT molecular complexity index is 318. The topological polar surface area (TPSA) is 45.5 Å². The molecule has 0 aliphatic rings. The van der Waals surface area contributed by atoms with E-state index in [2.05, 4.69) is 5.32 Å². The first-order valence-electron chi connectivity index (χ1n) is 5.48. The number of amides is 1. The van der Waals surface area contributed by atoms with Gasteiger partial charge in [0.2, 0.25) is 5.91 Å². The molecule has 1 heterocycles. The molecule has 1 atom stereocenters. The molecule has 4 nitrogen and oxygen atoms in total. The van der Waals surface area contributed by atoms with Crippen molar-refractivity contribution in [3.8, 4) is 0 Å². The fourth-order valence-electron chi connectivity index (χ4n) is 1.51. The monoisotopic (exact) mass is 224 g/mol. The number of hydrogen-bond donors (Lipinski definition) is 1.